The smallest absolute Gasteiger partial charge is 0.128 e. The molecule has 2 unspecified atom stereocenters. The molecular weight excluding hydrogens is 205 g/mol. The second kappa shape index (κ2) is 4.93. The number of nitrogens with one attached hydrogen (secondary N) is 1. The van der Waals surface area contributed by atoms with Crippen LogP contribution >= 0.6 is 0 Å². The fraction of sp³-hybridized carbons (Fsp3) is 0.538. The summed E-state index contributed by atoms with van der Waals surface area (Å²) in [5.74, 6) is -0.152. The topological polar surface area (TPSA) is 21.3 Å². The van der Waals surface area contributed by atoms with Gasteiger partial charge in [-0.3, -0.25) is 0 Å². The van der Waals surface area contributed by atoms with Crippen molar-refractivity contribution in [2.75, 3.05) is 13.7 Å². The van der Waals surface area contributed by atoms with Gasteiger partial charge in [-0.25, -0.2) is 4.39 Å². The average molecular weight is 223 g/mol. The maximum atomic E-state index is 13.8. The lowest BCUT2D eigenvalue weighted by molar-refractivity contribution is 0.0796. The van der Waals surface area contributed by atoms with Crippen LogP contribution in [0.2, 0.25) is 0 Å². The van der Waals surface area contributed by atoms with Crippen LogP contribution in [0.5, 0.6) is 0 Å². The number of hydrogen-bond acceptors (Lipinski definition) is 2. The zero-order chi connectivity index (χ0) is 11.5. The Labute approximate surface area is 95.8 Å². The van der Waals surface area contributed by atoms with Crippen molar-refractivity contribution < 1.29 is 9.13 Å². The molecule has 0 bridgehead atoms. The Morgan fingerprint density at radius 3 is 2.94 bits per heavy atom. The first kappa shape index (κ1) is 11.6. The summed E-state index contributed by atoms with van der Waals surface area (Å²) in [7, 11) is 1.86. The van der Waals surface area contributed by atoms with E-state index in [1.54, 1.807) is 6.07 Å². The molecule has 1 aromatic rings. The van der Waals surface area contributed by atoms with Crippen LogP contribution in [0.4, 0.5) is 4.39 Å². The van der Waals surface area contributed by atoms with Crippen LogP contribution in [0.3, 0.4) is 0 Å². The molecule has 2 atom stereocenters. The number of hydrogen-bond donors (Lipinski definition) is 1. The molecule has 1 N–H and O–H groups in total. The van der Waals surface area contributed by atoms with Crippen LogP contribution < -0.4 is 5.32 Å². The maximum Gasteiger partial charge on any atom is 0.128 e. The van der Waals surface area contributed by atoms with Crippen LogP contribution in [0.25, 0.3) is 0 Å². The van der Waals surface area contributed by atoms with Gasteiger partial charge in [-0.05, 0) is 32.9 Å². The van der Waals surface area contributed by atoms with E-state index in [1.165, 1.54) is 6.07 Å². The molecule has 3 heteroatoms. The first-order valence-corrected chi connectivity index (χ1v) is 5.77. The van der Waals surface area contributed by atoms with Crippen molar-refractivity contribution in [3.63, 3.8) is 0 Å². The minimum atomic E-state index is -0.152. The van der Waals surface area contributed by atoms with Crippen LogP contribution in [-0.2, 0) is 4.74 Å². The summed E-state index contributed by atoms with van der Waals surface area (Å²) in [4.78, 5) is 0. The van der Waals surface area contributed by atoms with Crippen molar-refractivity contribution in [1.29, 1.82) is 0 Å². The number of ether oxygens (including phenoxy) is 1. The molecule has 1 fully saturated rings. The summed E-state index contributed by atoms with van der Waals surface area (Å²) in [5.41, 5.74) is 1.80. The third-order valence-corrected chi connectivity index (χ3v) is 3.13. The van der Waals surface area contributed by atoms with Crippen molar-refractivity contribution in [1.82, 2.24) is 5.32 Å². The van der Waals surface area contributed by atoms with Crippen molar-refractivity contribution >= 4 is 0 Å². The quantitative estimate of drug-likeness (QED) is 0.850. The SMILES string of the molecule is CNC(c1cc(C)ccc1F)C1CCCO1. The van der Waals surface area contributed by atoms with Crippen LogP contribution in [0.1, 0.15) is 30.0 Å². The molecule has 0 spiro atoms. The Hall–Kier alpha value is -0.930. The molecule has 16 heavy (non-hydrogen) atoms. The normalized spacial score (nSPS) is 22.3. The number of halogens is 1. The first-order valence-electron chi connectivity index (χ1n) is 5.77. The molecule has 0 aliphatic carbocycles. The van der Waals surface area contributed by atoms with Gasteiger partial charge in [0.2, 0.25) is 0 Å². The third kappa shape index (κ3) is 2.25. The van der Waals surface area contributed by atoms with Gasteiger partial charge in [-0.1, -0.05) is 17.7 Å². The van der Waals surface area contributed by atoms with Gasteiger partial charge in [-0.15, -0.1) is 0 Å². The van der Waals surface area contributed by atoms with Crippen LogP contribution in [0, 0.1) is 12.7 Å². The predicted molar refractivity (Wildman–Crippen MR) is 61.9 cm³/mol. The van der Waals surface area contributed by atoms with E-state index in [2.05, 4.69) is 5.32 Å². The molecule has 2 nitrogen and oxygen atoms in total. The molecule has 0 amide bonds. The van der Waals surface area contributed by atoms with Crippen LogP contribution in [0.15, 0.2) is 18.2 Å². The van der Waals surface area contributed by atoms with E-state index in [1.807, 2.05) is 20.0 Å². The molecule has 0 radical (unpaired) electrons. The van der Waals surface area contributed by atoms with Gasteiger partial charge in [-0.2, -0.15) is 0 Å². The van der Waals surface area contributed by atoms with E-state index in [0.717, 1.165) is 30.6 Å². The summed E-state index contributed by atoms with van der Waals surface area (Å²) >= 11 is 0. The molecule has 1 heterocycles. The Bertz CT molecular complexity index is 361. The monoisotopic (exact) mass is 223 g/mol. The standard InChI is InChI=1S/C13H18FNO/c1-9-5-6-11(14)10(8-9)13(15-2)12-4-3-7-16-12/h5-6,8,12-13,15H,3-4,7H2,1-2H3. The molecular formula is C13H18FNO. The Balaban J connectivity index is 2.28. The molecule has 2 rings (SSSR count). The predicted octanol–water partition coefficient (Wildman–Crippen LogP) is 2.57. The summed E-state index contributed by atoms with van der Waals surface area (Å²) in [6.45, 7) is 2.77. The number of benzene rings is 1. The molecule has 1 aromatic carbocycles. The van der Waals surface area contributed by atoms with E-state index in [0.29, 0.717) is 0 Å². The number of likely N-dealkylation sites (N-methyl/N-ethyl adjacent to an activating group) is 1. The fourth-order valence-corrected chi connectivity index (χ4v) is 2.31. The third-order valence-electron chi connectivity index (χ3n) is 3.13. The Morgan fingerprint density at radius 1 is 1.50 bits per heavy atom. The van der Waals surface area contributed by atoms with Crippen molar-refractivity contribution in [2.45, 2.75) is 31.9 Å². The second-order valence-electron chi connectivity index (χ2n) is 4.34. The van der Waals surface area contributed by atoms with Crippen molar-refractivity contribution in [2.24, 2.45) is 0 Å². The molecule has 1 saturated heterocycles. The molecule has 1 aliphatic rings. The van der Waals surface area contributed by atoms with E-state index in [-0.39, 0.29) is 18.0 Å². The highest BCUT2D eigenvalue weighted by atomic mass is 19.1. The summed E-state index contributed by atoms with van der Waals surface area (Å²) in [6.07, 6.45) is 2.16. The zero-order valence-electron chi connectivity index (χ0n) is 9.79. The summed E-state index contributed by atoms with van der Waals surface area (Å²) in [6, 6.07) is 5.19. The second-order valence-corrected chi connectivity index (χ2v) is 4.34. The van der Waals surface area contributed by atoms with E-state index < -0.39 is 0 Å². The summed E-state index contributed by atoms with van der Waals surface area (Å²) < 4.78 is 19.4. The maximum absolute atomic E-state index is 13.8. The van der Waals surface area contributed by atoms with Gasteiger partial charge in [0.05, 0.1) is 12.1 Å². The number of rotatable bonds is 3. The Morgan fingerprint density at radius 2 is 2.31 bits per heavy atom. The lowest BCUT2D eigenvalue weighted by Gasteiger charge is -2.23. The van der Waals surface area contributed by atoms with Gasteiger partial charge in [0.25, 0.3) is 0 Å². The highest BCUT2D eigenvalue weighted by molar-refractivity contribution is 5.27. The van der Waals surface area contributed by atoms with E-state index >= 15 is 0 Å². The van der Waals surface area contributed by atoms with Gasteiger partial charge in [0.15, 0.2) is 0 Å². The zero-order valence-corrected chi connectivity index (χ0v) is 9.79. The highest BCUT2D eigenvalue weighted by Gasteiger charge is 2.27. The van der Waals surface area contributed by atoms with Gasteiger partial charge in [0, 0.05) is 12.2 Å². The molecule has 0 saturated carbocycles. The largest absolute Gasteiger partial charge is 0.376 e. The average Bonchev–Trinajstić information content (AvgIpc) is 2.78. The lowest BCUT2D eigenvalue weighted by atomic mass is 9.97. The fourth-order valence-electron chi connectivity index (χ4n) is 2.31. The Kier molecular flexibility index (Phi) is 3.56. The lowest BCUT2D eigenvalue weighted by Crippen LogP contribution is -2.29. The van der Waals surface area contributed by atoms with Crippen LogP contribution in [-0.4, -0.2) is 19.8 Å². The molecule has 0 aromatic heterocycles. The van der Waals surface area contributed by atoms with Gasteiger partial charge >= 0.3 is 0 Å². The van der Waals surface area contributed by atoms with Gasteiger partial charge < -0.3 is 10.1 Å². The molecule has 1 aliphatic heterocycles. The van der Waals surface area contributed by atoms with Crippen molar-refractivity contribution in [3.8, 4) is 0 Å². The van der Waals surface area contributed by atoms with E-state index in [9.17, 15) is 4.39 Å². The minimum Gasteiger partial charge on any atom is -0.376 e. The highest BCUT2D eigenvalue weighted by Crippen LogP contribution is 2.28. The van der Waals surface area contributed by atoms with Gasteiger partial charge in [0.1, 0.15) is 5.82 Å². The minimum absolute atomic E-state index is 0.0394. The summed E-state index contributed by atoms with van der Waals surface area (Å²) in [5, 5.41) is 3.16. The first-order chi connectivity index (χ1) is 7.72. The van der Waals surface area contributed by atoms with Crippen molar-refractivity contribution in [3.05, 3.63) is 35.1 Å². The number of aryl methyl sites for hydroxylation is 1. The molecule has 88 valence electrons. The van der Waals surface area contributed by atoms with E-state index in [4.69, 9.17) is 4.74 Å².